The van der Waals surface area contributed by atoms with Crippen LogP contribution in [0.1, 0.15) is 11.6 Å². The van der Waals surface area contributed by atoms with Crippen LogP contribution in [0, 0.1) is 10.1 Å². The van der Waals surface area contributed by atoms with Crippen molar-refractivity contribution in [2.24, 2.45) is 5.73 Å². The number of nitrogens with zero attached hydrogens (tertiary/aromatic N) is 1. The van der Waals surface area contributed by atoms with Crippen LogP contribution in [-0.2, 0) is 0 Å². The predicted octanol–water partition coefficient (Wildman–Crippen LogP) is 2.93. The first-order valence-electron chi connectivity index (χ1n) is 3.91. The van der Waals surface area contributed by atoms with Crippen LogP contribution in [0.3, 0.4) is 0 Å². The summed E-state index contributed by atoms with van der Waals surface area (Å²) in [4.78, 5) is 9.69. The minimum absolute atomic E-state index is 0. The van der Waals surface area contributed by atoms with Crippen molar-refractivity contribution in [1.29, 1.82) is 0 Å². The number of nitro benzene ring substituents is 1. The predicted molar refractivity (Wildman–Crippen MR) is 58.3 cm³/mol. The molecule has 16 heavy (non-hydrogen) atoms. The lowest BCUT2D eigenvalue weighted by atomic mass is 10.1. The topological polar surface area (TPSA) is 69.2 Å². The summed E-state index contributed by atoms with van der Waals surface area (Å²) in [5.74, 6) is 0. The van der Waals surface area contributed by atoms with Gasteiger partial charge in [0.05, 0.1) is 11.0 Å². The molecular weight excluding hydrogens is 265 g/mol. The van der Waals surface area contributed by atoms with Gasteiger partial charge in [0.2, 0.25) is 0 Å². The van der Waals surface area contributed by atoms with Crippen LogP contribution in [0.15, 0.2) is 18.2 Å². The third-order valence-electron chi connectivity index (χ3n) is 1.82. The van der Waals surface area contributed by atoms with E-state index in [9.17, 15) is 18.9 Å². The molecule has 2 N–H and O–H groups in total. The zero-order valence-corrected chi connectivity index (χ0v) is 9.34. The van der Waals surface area contributed by atoms with Crippen LogP contribution >= 0.6 is 24.0 Å². The molecule has 0 aliphatic heterocycles. The fourth-order valence-electron chi connectivity index (χ4n) is 1.04. The number of benzene rings is 1. The lowest BCUT2D eigenvalue weighted by Crippen LogP contribution is -2.19. The van der Waals surface area contributed by atoms with Gasteiger partial charge in [-0.25, -0.2) is 8.78 Å². The van der Waals surface area contributed by atoms with Crippen molar-refractivity contribution < 1.29 is 13.7 Å². The van der Waals surface area contributed by atoms with Gasteiger partial charge in [-0.2, -0.15) is 0 Å². The largest absolute Gasteiger partial charge is 0.319 e. The van der Waals surface area contributed by atoms with Crippen molar-refractivity contribution >= 4 is 29.7 Å². The molecule has 0 unspecified atom stereocenters. The molecule has 0 saturated carbocycles. The Balaban J connectivity index is 0.00000225. The Morgan fingerprint density at radius 3 is 2.44 bits per heavy atom. The van der Waals surface area contributed by atoms with Crippen molar-refractivity contribution in [1.82, 2.24) is 0 Å². The number of hydrogen-bond donors (Lipinski definition) is 1. The zero-order chi connectivity index (χ0) is 11.6. The molecular formula is C8H8Cl2F2N2O2. The first-order chi connectivity index (χ1) is 6.93. The molecule has 0 spiro atoms. The Hall–Kier alpha value is -0.980. The highest BCUT2D eigenvalue weighted by Crippen LogP contribution is 2.29. The number of alkyl halides is 2. The first-order valence-corrected chi connectivity index (χ1v) is 4.29. The summed E-state index contributed by atoms with van der Waals surface area (Å²) in [6, 6.07) is 1.65. The molecule has 4 nitrogen and oxygen atoms in total. The number of non-ortho nitro benzene ring substituents is 1. The average molecular weight is 273 g/mol. The second kappa shape index (κ2) is 5.93. The van der Waals surface area contributed by atoms with Gasteiger partial charge in [0, 0.05) is 17.2 Å². The van der Waals surface area contributed by atoms with Gasteiger partial charge in [-0.3, -0.25) is 10.1 Å². The zero-order valence-electron chi connectivity index (χ0n) is 7.77. The van der Waals surface area contributed by atoms with Gasteiger partial charge in [-0.15, -0.1) is 12.4 Å². The summed E-state index contributed by atoms with van der Waals surface area (Å²) in [6.07, 6.45) is -2.82. The number of hydrogen-bond acceptors (Lipinski definition) is 3. The molecule has 8 heteroatoms. The number of nitro groups is 1. The summed E-state index contributed by atoms with van der Waals surface area (Å²) in [7, 11) is 0. The highest BCUT2D eigenvalue weighted by Gasteiger charge is 2.22. The van der Waals surface area contributed by atoms with Crippen LogP contribution in [0.2, 0.25) is 5.02 Å². The Morgan fingerprint density at radius 2 is 2.00 bits per heavy atom. The molecule has 0 aliphatic rings. The van der Waals surface area contributed by atoms with Crippen LogP contribution in [-0.4, -0.2) is 11.3 Å². The molecule has 1 aromatic carbocycles. The molecule has 0 aromatic heterocycles. The molecule has 0 fully saturated rings. The standard InChI is InChI=1S/C8H7ClF2N2O2.ClH/c9-6-2-1-4(13(14)15)3-5(6)7(12)8(10)11;/h1-3,7-8H,12H2;1H/t7-;/m1./s1. The van der Waals surface area contributed by atoms with Crippen LogP contribution < -0.4 is 5.73 Å². The summed E-state index contributed by atoms with van der Waals surface area (Å²) < 4.78 is 24.5. The van der Waals surface area contributed by atoms with E-state index in [4.69, 9.17) is 17.3 Å². The summed E-state index contributed by atoms with van der Waals surface area (Å²) in [6.45, 7) is 0. The van der Waals surface area contributed by atoms with Gasteiger partial charge in [0.1, 0.15) is 0 Å². The van der Waals surface area contributed by atoms with E-state index >= 15 is 0 Å². The Labute approximate surface area is 101 Å². The van der Waals surface area contributed by atoms with E-state index in [1.807, 2.05) is 0 Å². The average Bonchev–Trinajstić information content (AvgIpc) is 2.16. The second-order valence-corrected chi connectivity index (χ2v) is 3.23. The molecule has 0 radical (unpaired) electrons. The Bertz CT molecular complexity index is 390. The normalized spacial score (nSPS) is 12.1. The highest BCUT2D eigenvalue weighted by atomic mass is 35.5. The molecule has 1 aromatic rings. The maximum absolute atomic E-state index is 12.3. The number of nitrogens with two attached hydrogens (primary N) is 1. The van der Waals surface area contributed by atoms with E-state index in [0.29, 0.717) is 0 Å². The van der Waals surface area contributed by atoms with Gasteiger partial charge in [0.15, 0.2) is 0 Å². The van der Waals surface area contributed by atoms with Crippen molar-refractivity contribution in [2.75, 3.05) is 0 Å². The van der Waals surface area contributed by atoms with Gasteiger partial charge in [-0.1, -0.05) is 11.6 Å². The summed E-state index contributed by atoms with van der Waals surface area (Å²) in [5, 5.41) is 10.4. The van der Waals surface area contributed by atoms with E-state index in [1.54, 1.807) is 0 Å². The lowest BCUT2D eigenvalue weighted by molar-refractivity contribution is -0.384. The quantitative estimate of drug-likeness (QED) is 0.680. The van der Waals surface area contributed by atoms with Crippen molar-refractivity contribution in [3.8, 4) is 0 Å². The first kappa shape index (κ1) is 15.0. The fourth-order valence-corrected chi connectivity index (χ4v) is 1.28. The van der Waals surface area contributed by atoms with E-state index in [-0.39, 0.29) is 28.7 Å². The molecule has 0 heterocycles. The molecule has 0 bridgehead atoms. The van der Waals surface area contributed by atoms with Crippen molar-refractivity contribution in [2.45, 2.75) is 12.5 Å². The molecule has 0 amide bonds. The van der Waals surface area contributed by atoms with E-state index in [0.717, 1.165) is 12.1 Å². The maximum Gasteiger partial charge on any atom is 0.269 e. The van der Waals surface area contributed by atoms with Gasteiger partial charge >= 0.3 is 0 Å². The molecule has 0 saturated heterocycles. The summed E-state index contributed by atoms with van der Waals surface area (Å²) in [5.41, 5.74) is 4.71. The van der Waals surface area contributed by atoms with Crippen LogP contribution in [0.25, 0.3) is 0 Å². The number of rotatable bonds is 3. The molecule has 0 aliphatic carbocycles. The minimum Gasteiger partial charge on any atom is -0.319 e. The maximum atomic E-state index is 12.3. The van der Waals surface area contributed by atoms with Crippen LogP contribution in [0.4, 0.5) is 14.5 Å². The van der Waals surface area contributed by atoms with Crippen LogP contribution in [0.5, 0.6) is 0 Å². The molecule has 1 rings (SSSR count). The summed E-state index contributed by atoms with van der Waals surface area (Å²) >= 11 is 5.60. The smallest absolute Gasteiger partial charge is 0.269 e. The highest BCUT2D eigenvalue weighted by molar-refractivity contribution is 6.31. The molecule has 1 atom stereocenters. The third-order valence-corrected chi connectivity index (χ3v) is 2.17. The van der Waals surface area contributed by atoms with Gasteiger partial charge in [-0.05, 0) is 11.6 Å². The Morgan fingerprint density at radius 1 is 1.44 bits per heavy atom. The SMILES string of the molecule is Cl.N[C@H](c1cc([N+](=O)[O-])ccc1Cl)C(F)F. The minimum atomic E-state index is -2.82. The fraction of sp³-hybridized carbons (Fsp3) is 0.250. The van der Waals surface area contributed by atoms with E-state index in [2.05, 4.69) is 0 Å². The third kappa shape index (κ3) is 3.26. The van der Waals surface area contributed by atoms with Crippen molar-refractivity contribution in [3.63, 3.8) is 0 Å². The van der Waals surface area contributed by atoms with E-state index in [1.165, 1.54) is 6.07 Å². The van der Waals surface area contributed by atoms with Gasteiger partial charge in [0.25, 0.3) is 12.1 Å². The van der Waals surface area contributed by atoms with Crippen molar-refractivity contribution in [3.05, 3.63) is 38.9 Å². The monoisotopic (exact) mass is 272 g/mol. The van der Waals surface area contributed by atoms with Gasteiger partial charge < -0.3 is 5.73 Å². The Kier molecular flexibility index (Phi) is 5.57. The lowest BCUT2D eigenvalue weighted by Gasteiger charge is -2.11. The number of halogens is 4. The molecule has 90 valence electrons. The van der Waals surface area contributed by atoms with E-state index < -0.39 is 17.4 Å². The second-order valence-electron chi connectivity index (χ2n) is 2.82.